The highest BCUT2D eigenvalue weighted by Gasteiger charge is 2.14. The van der Waals surface area contributed by atoms with Gasteiger partial charge < -0.3 is 4.98 Å². The van der Waals surface area contributed by atoms with Gasteiger partial charge in [0.25, 0.3) is 5.69 Å². The molecule has 0 amide bonds. The Morgan fingerprint density at radius 2 is 2.19 bits per heavy atom. The van der Waals surface area contributed by atoms with E-state index in [0.29, 0.717) is 16.2 Å². The summed E-state index contributed by atoms with van der Waals surface area (Å²) in [7, 11) is 0. The summed E-state index contributed by atoms with van der Waals surface area (Å²) in [6.07, 6.45) is 4.26. The summed E-state index contributed by atoms with van der Waals surface area (Å²) in [6.45, 7) is 0. The maximum atomic E-state index is 12.0. The van der Waals surface area contributed by atoms with Crippen LogP contribution >= 0.6 is 11.8 Å². The largest absolute Gasteiger partial charge is 0.332 e. The number of non-ortho nitro benzene ring substituents is 1. The molecular formula is C12H7N5O3S. The number of benzene rings is 1. The molecule has 104 valence electrons. The predicted octanol–water partition coefficient (Wildman–Crippen LogP) is 2.19. The first kappa shape index (κ1) is 13.2. The van der Waals surface area contributed by atoms with Crippen molar-refractivity contribution in [1.29, 1.82) is 0 Å². The molecule has 0 radical (unpaired) electrons. The molecule has 0 fully saturated rings. The van der Waals surface area contributed by atoms with Crippen molar-refractivity contribution in [2.45, 2.75) is 5.16 Å². The maximum Gasteiger partial charge on any atom is 0.271 e. The second-order valence-electron chi connectivity index (χ2n) is 3.98. The van der Waals surface area contributed by atoms with Crippen molar-refractivity contribution in [2.24, 2.45) is 0 Å². The Balaban J connectivity index is 1.88. The van der Waals surface area contributed by atoms with E-state index < -0.39 is 4.92 Å². The third-order valence-corrected chi connectivity index (χ3v) is 3.40. The number of aromatic nitrogens is 4. The quantitative estimate of drug-likeness (QED) is 0.448. The van der Waals surface area contributed by atoms with Gasteiger partial charge in [0, 0.05) is 24.5 Å². The van der Waals surface area contributed by atoms with Crippen LogP contribution in [-0.4, -0.2) is 30.0 Å². The summed E-state index contributed by atoms with van der Waals surface area (Å²) in [6, 6.07) is 4.27. The van der Waals surface area contributed by atoms with Crippen LogP contribution in [-0.2, 0) is 0 Å². The van der Waals surface area contributed by atoms with Crippen molar-refractivity contribution in [3.8, 4) is 0 Å². The molecule has 0 aliphatic carbocycles. The monoisotopic (exact) mass is 301 g/mol. The first-order valence-electron chi connectivity index (χ1n) is 5.76. The summed E-state index contributed by atoms with van der Waals surface area (Å²) in [5.41, 5.74) is 1.23. The fourth-order valence-electron chi connectivity index (χ4n) is 1.68. The van der Waals surface area contributed by atoms with Gasteiger partial charge in [-0.25, -0.2) is 9.97 Å². The van der Waals surface area contributed by atoms with E-state index in [9.17, 15) is 14.9 Å². The number of rotatable bonds is 3. The van der Waals surface area contributed by atoms with E-state index in [-0.39, 0.29) is 16.5 Å². The molecule has 3 rings (SSSR count). The normalized spacial score (nSPS) is 10.7. The minimum atomic E-state index is -0.488. The first-order valence-corrected chi connectivity index (χ1v) is 6.57. The van der Waals surface area contributed by atoms with Gasteiger partial charge in [-0.1, -0.05) is 0 Å². The second-order valence-corrected chi connectivity index (χ2v) is 4.94. The Kier molecular flexibility index (Phi) is 3.32. The molecule has 9 heteroatoms. The predicted molar refractivity (Wildman–Crippen MR) is 75.0 cm³/mol. The van der Waals surface area contributed by atoms with Gasteiger partial charge in [-0.3, -0.25) is 19.9 Å². The van der Waals surface area contributed by atoms with Crippen LogP contribution < -0.4 is 0 Å². The van der Waals surface area contributed by atoms with E-state index in [0.717, 1.165) is 11.8 Å². The summed E-state index contributed by atoms with van der Waals surface area (Å²) >= 11 is 0.859. The number of nitro groups is 1. The van der Waals surface area contributed by atoms with E-state index in [1.807, 2.05) is 0 Å². The minimum absolute atomic E-state index is 0.0389. The van der Waals surface area contributed by atoms with Gasteiger partial charge in [0.1, 0.15) is 5.69 Å². The summed E-state index contributed by atoms with van der Waals surface area (Å²) in [5.74, 6) is 0. The van der Waals surface area contributed by atoms with Gasteiger partial charge >= 0.3 is 0 Å². The lowest BCUT2D eigenvalue weighted by Gasteiger charge is -1.95. The summed E-state index contributed by atoms with van der Waals surface area (Å²) in [5, 5.41) is 10.8. The average Bonchev–Trinajstić information content (AvgIpc) is 2.89. The molecule has 2 aromatic heterocycles. The van der Waals surface area contributed by atoms with Crippen LogP contribution in [0.15, 0.2) is 41.9 Å². The minimum Gasteiger partial charge on any atom is -0.332 e. The molecule has 21 heavy (non-hydrogen) atoms. The van der Waals surface area contributed by atoms with Crippen LogP contribution in [0, 0.1) is 10.1 Å². The number of imidazole rings is 1. The van der Waals surface area contributed by atoms with E-state index in [1.54, 1.807) is 0 Å². The highest BCUT2D eigenvalue weighted by molar-refractivity contribution is 8.14. The Hall–Kier alpha value is -2.81. The molecule has 0 bridgehead atoms. The van der Waals surface area contributed by atoms with Crippen LogP contribution in [0.1, 0.15) is 10.5 Å². The van der Waals surface area contributed by atoms with E-state index in [4.69, 9.17) is 0 Å². The average molecular weight is 301 g/mol. The number of carbonyl (C=O) groups is 1. The molecule has 0 aliphatic rings. The number of aromatic amines is 1. The molecule has 0 saturated carbocycles. The number of carbonyl (C=O) groups excluding carboxylic acids is 1. The fourth-order valence-corrected chi connectivity index (χ4v) is 2.37. The van der Waals surface area contributed by atoms with Crippen LogP contribution in [0.5, 0.6) is 0 Å². The lowest BCUT2D eigenvalue weighted by Crippen LogP contribution is -1.97. The molecule has 3 aromatic rings. The SMILES string of the molecule is O=C(Sc1nc2ccc([N+](=O)[O-])cc2[nH]1)c1cnccn1. The van der Waals surface area contributed by atoms with Crippen LogP contribution in [0.3, 0.4) is 0 Å². The molecule has 1 N–H and O–H groups in total. The number of nitrogens with zero attached hydrogens (tertiary/aromatic N) is 4. The van der Waals surface area contributed by atoms with Gasteiger partial charge in [0.2, 0.25) is 5.12 Å². The van der Waals surface area contributed by atoms with Gasteiger partial charge in [-0.15, -0.1) is 0 Å². The van der Waals surface area contributed by atoms with Crippen molar-refractivity contribution < 1.29 is 9.72 Å². The first-order chi connectivity index (χ1) is 10.1. The van der Waals surface area contributed by atoms with Crippen molar-refractivity contribution in [3.63, 3.8) is 0 Å². The van der Waals surface area contributed by atoms with Gasteiger partial charge in [-0.2, -0.15) is 0 Å². The van der Waals surface area contributed by atoms with E-state index >= 15 is 0 Å². The second kappa shape index (κ2) is 5.29. The molecule has 0 unspecified atom stereocenters. The number of hydrogen-bond acceptors (Lipinski definition) is 7. The Bertz CT molecular complexity index is 833. The fraction of sp³-hybridized carbons (Fsp3) is 0. The van der Waals surface area contributed by atoms with Gasteiger partial charge in [0.15, 0.2) is 5.16 Å². The summed E-state index contributed by atoms with van der Waals surface area (Å²) in [4.78, 5) is 37.0. The van der Waals surface area contributed by atoms with Crippen LogP contribution in [0.4, 0.5) is 5.69 Å². The van der Waals surface area contributed by atoms with E-state index in [2.05, 4.69) is 19.9 Å². The van der Waals surface area contributed by atoms with Crippen LogP contribution in [0.25, 0.3) is 11.0 Å². The topological polar surface area (TPSA) is 115 Å². The van der Waals surface area contributed by atoms with Crippen molar-refractivity contribution in [2.75, 3.05) is 0 Å². The molecule has 0 aliphatic heterocycles. The highest BCUT2D eigenvalue weighted by atomic mass is 32.2. The molecule has 0 atom stereocenters. The third-order valence-electron chi connectivity index (χ3n) is 2.62. The highest BCUT2D eigenvalue weighted by Crippen LogP contribution is 2.24. The molecule has 8 nitrogen and oxygen atoms in total. The molecule has 2 heterocycles. The number of fused-ring (bicyclic) bond motifs is 1. The Morgan fingerprint density at radius 1 is 1.33 bits per heavy atom. The maximum absolute atomic E-state index is 12.0. The lowest BCUT2D eigenvalue weighted by molar-refractivity contribution is -0.384. The Morgan fingerprint density at radius 3 is 2.90 bits per heavy atom. The van der Waals surface area contributed by atoms with Crippen molar-refractivity contribution in [3.05, 3.63) is 52.6 Å². The standard InChI is InChI=1S/C12H7N5O3S/c18-11(10-6-13-3-4-14-10)21-12-15-8-2-1-7(17(19)20)5-9(8)16-12/h1-6H,(H,15,16). The lowest BCUT2D eigenvalue weighted by atomic mass is 10.3. The summed E-state index contributed by atoms with van der Waals surface area (Å²) < 4.78 is 0. The molecular weight excluding hydrogens is 294 g/mol. The zero-order valence-electron chi connectivity index (χ0n) is 10.4. The smallest absolute Gasteiger partial charge is 0.271 e. The molecule has 0 saturated heterocycles. The number of H-pyrrole nitrogens is 1. The number of hydrogen-bond donors (Lipinski definition) is 1. The third kappa shape index (κ3) is 2.72. The van der Waals surface area contributed by atoms with Crippen LogP contribution in [0.2, 0.25) is 0 Å². The van der Waals surface area contributed by atoms with E-state index in [1.165, 1.54) is 36.8 Å². The Labute approximate surface area is 121 Å². The van der Waals surface area contributed by atoms with Gasteiger partial charge in [-0.05, 0) is 17.8 Å². The molecule has 1 aromatic carbocycles. The zero-order chi connectivity index (χ0) is 14.8. The number of nitro benzene ring substituents is 1. The van der Waals surface area contributed by atoms with Crippen molar-refractivity contribution in [1.82, 2.24) is 19.9 Å². The van der Waals surface area contributed by atoms with Crippen molar-refractivity contribution >= 4 is 33.6 Å². The molecule has 0 spiro atoms. The number of thioether (sulfide) groups is 1. The number of nitrogens with one attached hydrogen (secondary N) is 1. The van der Waals surface area contributed by atoms with Gasteiger partial charge in [0.05, 0.1) is 22.2 Å². The zero-order valence-corrected chi connectivity index (χ0v) is 11.2.